The van der Waals surface area contributed by atoms with Gasteiger partial charge in [0.1, 0.15) is 11.6 Å². The van der Waals surface area contributed by atoms with Crippen molar-refractivity contribution in [3.05, 3.63) is 64.3 Å². The maximum Gasteiger partial charge on any atom is 0.350 e. The van der Waals surface area contributed by atoms with Gasteiger partial charge in [-0.1, -0.05) is 30.3 Å². The van der Waals surface area contributed by atoms with Gasteiger partial charge in [-0.05, 0) is 42.0 Å². The van der Waals surface area contributed by atoms with Gasteiger partial charge in [0.25, 0.3) is 0 Å². The predicted molar refractivity (Wildman–Crippen MR) is 131 cm³/mol. The Morgan fingerprint density at radius 2 is 1.88 bits per heavy atom. The molecule has 1 saturated heterocycles. The van der Waals surface area contributed by atoms with E-state index in [9.17, 15) is 14.0 Å². The molecule has 5 rings (SSSR count). The first kappa shape index (κ1) is 22.0. The van der Waals surface area contributed by atoms with Crippen molar-refractivity contribution in [2.24, 2.45) is 0 Å². The predicted octanol–water partition coefficient (Wildman–Crippen LogP) is 4.19. The number of nitrogens with zero attached hydrogens (tertiary/aromatic N) is 4. The van der Waals surface area contributed by atoms with Crippen molar-refractivity contribution in [1.82, 2.24) is 14.5 Å². The Bertz CT molecular complexity index is 1320. The lowest BCUT2D eigenvalue weighted by Gasteiger charge is -2.35. The van der Waals surface area contributed by atoms with Gasteiger partial charge < -0.3 is 9.80 Å². The van der Waals surface area contributed by atoms with Crippen LogP contribution < -0.4 is 10.6 Å². The van der Waals surface area contributed by atoms with E-state index < -0.39 is 0 Å². The fourth-order valence-corrected chi connectivity index (χ4v) is 6.08. The minimum absolute atomic E-state index is 0.0977. The molecule has 0 aliphatic carbocycles. The highest BCUT2D eigenvalue weighted by molar-refractivity contribution is 7.99. The summed E-state index contributed by atoms with van der Waals surface area (Å²) in [5.41, 5.74) is 2.14. The summed E-state index contributed by atoms with van der Waals surface area (Å²) in [6, 6.07) is 8.12. The van der Waals surface area contributed by atoms with Crippen molar-refractivity contribution in [1.29, 1.82) is 0 Å². The molecule has 3 aromatic rings. The molecule has 0 bridgehead atoms. The van der Waals surface area contributed by atoms with Gasteiger partial charge in [0, 0.05) is 48.6 Å². The van der Waals surface area contributed by atoms with Gasteiger partial charge in [-0.2, -0.15) is 4.98 Å². The average Bonchev–Trinajstić information content (AvgIpc) is 3.06. The van der Waals surface area contributed by atoms with E-state index in [0.717, 1.165) is 39.1 Å². The first-order valence-corrected chi connectivity index (χ1v) is 12.2. The second-order valence-electron chi connectivity index (χ2n) is 8.05. The Morgan fingerprint density at radius 3 is 2.58 bits per heavy atom. The standard InChI is InChI=1S/C24H22ClFN4O2S/c1-2-19(31)28-9-11-29(12-10-28)23-17-14-18(25)20(15-4-6-16(26)7-5-15)22-21(17)30(24(32)27-23)8-3-13-33-22/h2,4-7,14H,1,3,8-13H2. The Hall–Kier alpha value is -2.84. The number of halogens is 2. The minimum atomic E-state index is -0.313. The van der Waals surface area contributed by atoms with Crippen LogP contribution in [0.2, 0.25) is 5.02 Å². The zero-order valence-corrected chi connectivity index (χ0v) is 19.5. The van der Waals surface area contributed by atoms with Crippen molar-refractivity contribution in [3.8, 4) is 11.1 Å². The summed E-state index contributed by atoms with van der Waals surface area (Å²) in [4.78, 5) is 34.2. The van der Waals surface area contributed by atoms with E-state index in [1.54, 1.807) is 33.4 Å². The number of aryl methyl sites for hydroxylation is 1. The van der Waals surface area contributed by atoms with Crippen LogP contribution in [-0.4, -0.2) is 52.3 Å². The number of rotatable bonds is 3. The molecule has 6 nitrogen and oxygen atoms in total. The van der Waals surface area contributed by atoms with Gasteiger partial charge in [-0.15, -0.1) is 11.8 Å². The van der Waals surface area contributed by atoms with Gasteiger partial charge in [0.15, 0.2) is 0 Å². The Balaban J connectivity index is 1.69. The van der Waals surface area contributed by atoms with Crippen molar-refractivity contribution in [2.75, 3.05) is 36.8 Å². The van der Waals surface area contributed by atoms with E-state index in [-0.39, 0.29) is 17.4 Å². The summed E-state index contributed by atoms with van der Waals surface area (Å²) in [5.74, 6) is 1.02. The molecule has 1 aromatic heterocycles. The molecule has 33 heavy (non-hydrogen) atoms. The molecule has 2 aliphatic heterocycles. The van der Waals surface area contributed by atoms with E-state index in [0.29, 0.717) is 43.6 Å². The number of carbonyl (C=O) groups excluding carboxylic acids is 1. The molecule has 0 unspecified atom stereocenters. The molecule has 0 saturated carbocycles. The summed E-state index contributed by atoms with van der Waals surface area (Å²) in [5, 5.41) is 1.35. The number of anilines is 1. The molecule has 0 N–H and O–H groups in total. The third-order valence-electron chi connectivity index (χ3n) is 6.12. The average molecular weight is 485 g/mol. The molecule has 1 fully saturated rings. The number of thioether (sulfide) groups is 1. The fraction of sp³-hybridized carbons (Fsp3) is 0.292. The summed E-state index contributed by atoms with van der Waals surface area (Å²) >= 11 is 8.49. The minimum Gasteiger partial charge on any atom is -0.352 e. The zero-order valence-electron chi connectivity index (χ0n) is 17.9. The van der Waals surface area contributed by atoms with Crippen molar-refractivity contribution in [3.63, 3.8) is 0 Å². The zero-order chi connectivity index (χ0) is 23.1. The SMILES string of the molecule is C=CC(=O)N1CCN(c2nc(=O)n3c4c(c(-c5ccc(F)cc5)c(Cl)cc24)SCCC3)CC1. The Kier molecular flexibility index (Phi) is 5.88. The summed E-state index contributed by atoms with van der Waals surface area (Å²) in [7, 11) is 0. The number of aromatic nitrogens is 2. The molecular formula is C24H22ClFN4O2S. The van der Waals surface area contributed by atoms with E-state index in [1.807, 2.05) is 11.0 Å². The van der Waals surface area contributed by atoms with Crippen molar-refractivity contribution in [2.45, 2.75) is 17.9 Å². The van der Waals surface area contributed by atoms with Crippen LogP contribution in [0.1, 0.15) is 6.42 Å². The van der Waals surface area contributed by atoms with Crippen LogP contribution in [0.5, 0.6) is 0 Å². The highest BCUT2D eigenvalue weighted by atomic mass is 35.5. The van der Waals surface area contributed by atoms with Crippen LogP contribution in [0.3, 0.4) is 0 Å². The van der Waals surface area contributed by atoms with Crippen molar-refractivity contribution < 1.29 is 9.18 Å². The Labute approximate surface area is 199 Å². The lowest BCUT2D eigenvalue weighted by molar-refractivity contribution is -0.126. The second kappa shape index (κ2) is 8.83. The third-order valence-corrected chi connectivity index (χ3v) is 7.60. The highest BCUT2D eigenvalue weighted by Gasteiger charge is 2.27. The number of hydrogen-bond acceptors (Lipinski definition) is 5. The molecule has 9 heteroatoms. The number of carbonyl (C=O) groups is 1. The fourth-order valence-electron chi connectivity index (χ4n) is 4.50. The molecule has 3 heterocycles. The van der Waals surface area contributed by atoms with Crippen molar-refractivity contribution >= 4 is 46.0 Å². The smallest absolute Gasteiger partial charge is 0.350 e. The second-order valence-corrected chi connectivity index (χ2v) is 9.57. The van der Waals surface area contributed by atoms with Gasteiger partial charge >= 0.3 is 5.69 Å². The topological polar surface area (TPSA) is 58.4 Å². The van der Waals surface area contributed by atoms with Gasteiger partial charge in [-0.3, -0.25) is 9.36 Å². The van der Waals surface area contributed by atoms with E-state index in [1.165, 1.54) is 18.2 Å². The first-order chi connectivity index (χ1) is 16.0. The van der Waals surface area contributed by atoms with Crippen LogP contribution in [0, 0.1) is 5.82 Å². The van der Waals surface area contributed by atoms with Crippen LogP contribution in [0.25, 0.3) is 22.0 Å². The van der Waals surface area contributed by atoms with Gasteiger partial charge in [-0.25, -0.2) is 9.18 Å². The lowest BCUT2D eigenvalue weighted by atomic mass is 10.0. The quantitative estimate of drug-likeness (QED) is 0.522. The van der Waals surface area contributed by atoms with E-state index in [4.69, 9.17) is 11.6 Å². The Morgan fingerprint density at radius 1 is 1.15 bits per heavy atom. The van der Waals surface area contributed by atoms with Crippen LogP contribution in [-0.2, 0) is 11.3 Å². The van der Waals surface area contributed by atoms with Crippen LogP contribution in [0.4, 0.5) is 10.2 Å². The van der Waals surface area contributed by atoms with Gasteiger partial charge in [0.2, 0.25) is 5.91 Å². The number of hydrogen-bond donors (Lipinski definition) is 0. The molecule has 0 radical (unpaired) electrons. The molecular weight excluding hydrogens is 463 g/mol. The molecule has 0 atom stereocenters. The maximum absolute atomic E-state index is 13.6. The monoisotopic (exact) mass is 484 g/mol. The molecule has 0 spiro atoms. The maximum atomic E-state index is 13.6. The van der Waals surface area contributed by atoms with Crippen LogP contribution in [0.15, 0.2) is 52.7 Å². The largest absolute Gasteiger partial charge is 0.352 e. The number of benzene rings is 2. The molecule has 2 aliphatic rings. The summed E-state index contributed by atoms with van der Waals surface area (Å²) < 4.78 is 15.3. The molecule has 2 aromatic carbocycles. The van der Waals surface area contributed by atoms with E-state index >= 15 is 0 Å². The lowest BCUT2D eigenvalue weighted by Crippen LogP contribution is -2.49. The number of amides is 1. The normalized spacial score (nSPS) is 16.1. The van der Waals surface area contributed by atoms with E-state index in [2.05, 4.69) is 11.6 Å². The highest BCUT2D eigenvalue weighted by Crippen LogP contribution is 2.45. The molecule has 1 amide bonds. The first-order valence-electron chi connectivity index (χ1n) is 10.8. The number of piperazine rings is 1. The van der Waals surface area contributed by atoms with Crippen LogP contribution >= 0.6 is 23.4 Å². The summed E-state index contributed by atoms with van der Waals surface area (Å²) in [6.45, 7) is 6.31. The molecule has 170 valence electrons. The summed E-state index contributed by atoms with van der Waals surface area (Å²) in [6.07, 6.45) is 2.15. The van der Waals surface area contributed by atoms with Gasteiger partial charge in [0.05, 0.1) is 10.5 Å². The third kappa shape index (κ3) is 3.91.